The Morgan fingerprint density at radius 1 is 1.20 bits per heavy atom. The van der Waals surface area contributed by atoms with E-state index in [9.17, 15) is 0 Å². The van der Waals surface area contributed by atoms with Crippen molar-refractivity contribution < 1.29 is 4.74 Å². The molecule has 0 bridgehead atoms. The Labute approximate surface area is 125 Å². The van der Waals surface area contributed by atoms with E-state index in [2.05, 4.69) is 42.6 Å². The van der Waals surface area contributed by atoms with Crippen LogP contribution in [0.5, 0.6) is 5.75 Å². The molecule has 0 aromatic heterocycles. The molecule has 1 unspecified atom stereocenters. The first-order valence-corrected chi connectivity index (χ1v) is 7.08. The number of aryl methyl sites for hydroxylation is 1. The molecule has 0 saturated heterocycles. The minimum absolute atomic E-state index is 0.236. The molecular weight excluding hydrogens is 270 g/mol. The molecule has 0 amide bonds. The van der Waals surface area contributed by atoms with Gasteiger partial charge in [-0.05, 0) is 43.7 Å². The van der Waals surface area contributed by atoms with Gasteiger partial charge in [0.2, 0.25) is 0 Å². The first-order chi connectivity index (χ1) is 9.63. The van der Waals surface area contributed by atoms with Crippen LogP contribution in [0.25, 0.3) is 0 Å². The number of ether oxygens (including phenoxy) is 1. The number of methoxy groups -OCH3 is 1. The molecule has 0 aliphatic rings. The van der Waals surface area contributed by atoms with E-state index in [1.54, 1.807) is 7.11 Å². The molecule has 0 radical (unpaired) electrons. The van der Waals surface area contributed by atoms with E-state index in [0.717, 1.165) is 6.42 Å². The van der Waals surface area contributed by atoms with Crippen LogP contribution in [-0.2, 0) is 6.42 Å². The average molecular weight is 290 g/mol. The van der Waals surface area contributed by atoms with E-state index in [1.165, 1.54) is 16.7 Å². The zero-order chi connectivity index (χ0) is 14.5. The molecule has 1 N–H and O–H groups in total. The molecule has 2 aromatic carbocycles. The minimum atomic E-state index is 0.236. The minimum Gasteiger partial charge on any atom is -0.495 e. The number of rotatable bonds is 5. The van der Waals surface area contributed by atoms with E-state index >= 15 is 0 Å². The molecule has 0 aliphatic heterocycles. The van der Waals surface area contributed by atoms with Crippen molar-refractivity contribution in [2.75, 3.05) is 14.2 Å². The smallest absolute Gasteiger partial charge is 0.137 e. The maximum Gasteiger partial charge on any atom is 0.137 e. The third kappa shape index (κ3) is 3.53. The Morgan fingerprint density at radius 2 is 2.00 bits per heavy atom. The SMILES string of the molecule is CNC(Cc1cccc(C)c1)c1ccc(OC)c(Cl)c1. The summed E-state index contributed by atoms with van der Waals surface area (Å²) in [5, 5.41) is 4.00. The summed E-state index contributed by atoms with van der Waals surface area (Å²) in [6.45, 7) is 2.11. The lowest BCUT2D eigenvalue weighted by atomic mass is 9.98. The van der Waals surface area contributed by atoms with Crippen LogP contribution in [0, 0.1) is 6.92 Å². The Balaban J connectivity index is 2.22. The van der Waals surface area contributed by atoms with E-state index in [4.69, 9.17) is 16.3 Å². The Kier molecular flexibility index (Phi) is 5.05. The molecule has 106 valence electrons. The molecule has 1 atom stereocenters. The Hall–Kier alpha value is -1.51. The highest BCUT2D eigenvalue weighted by Gasteiger charge is 2.12. The largest absolute Gasteiger partial charge is 0.495 e. The van der Waals surface area contributed by atoms with Crippen molar-refractivity contribution in [1.29, 1.82) is 0 Å². The molecule has 0 fully saturated rings. The second-order valence-electron chi connectivity index (χ2n) is 4.93. The quantitative estimate of drug-likeness (QED) is 0.892. The van der Waals surface area contributed by atoms with Crippen LogP contribution in [0.3, 0.4) is 0 Å². The summed E-state index contributed by atoms with van der Waals surface area (Å²) in [4.78, 5) is 0. The van der Waals surface area contributed by atoms with Crippen molar-refractivity contribution >= 4 is 11.6 Å². The second kappa shape index (κ2) is 6.78. The molecule has 3 heteroatoms. The molecule has 2 rings (SSSR count). The molecule has 0 heterocycles. The molecule has 0 aliphatic carbocycles. The molecule has 2 aromatic rings. The van der Waals surface area contributed by atoms with Crippen LogP contribution in [0.1, 0.15) is 22.7 Å². The van der Waals surface area contributed by atoms with Crippen molar-refractivity contribution in [1.82, 2.24) is 5.32 Å². The number of likely N-dealkylation sites (N-methyl/N-ethyl adjacent to an activating group) is 1. The fourth-order valence-corrected chi connectivity index (χ4v) is 2.63. The Morgan fingerprint density at radius 3 is 2.60 bits per heavy atom. The van der Waals surface area contributed by atoms with Gasteiger partial charge in [-0.2, -0.15) is 0 Å². The lowest BCUT2D eigenvalue weighted by Gasteiger charge is -2.18. The van der Waals surface area contributed by atoms with E-state index in [1.807, 2.05) is 19.2 Å². The van der Waals surface area contributed by atoms with Gasteiger partial charge in [0, 0.05) is 6.04 Å². The summed E-state index contributed by atoms with van der Waals surface area (Å²) in [7, 11) is 3.60. The van der Waals surface area contributed by atoms with Crippen molar-refractivity contribution in [3.8, 4) is 5.75 Å². The predicted octanol–water partition coefficient (Wildman–Crippen LogP) is 4.16. The molecule has 2 nitrogen and oxygen atoms in total. The van der Waals surface area contributed by atoms with Crippen molar-refractivity contribution in [2.45, 2.75) is 19.4 Å². The van der Waals surface area contributed by atoms with Crippen LogP contribution in [0.4, 0.5) is 0 Å². The predicted molar refractivity (Wildman–Crippen MR) is 84.7 cm³/mol. The van der Waals surface area contributed by atoms with Gasteiger partial charge in [0.25, 0.3) is 0 Å². The topological polar surface area (TPSA) is 21.3 Å². The average Bonchev–Trinajstić information content (AvgIpc) is 2.44. The third-order valence-electron chi connectivity index (χ3n) is 3.45. The third-order valence-corrected chi connectivity index (χ3v) is 3.74. The number of benzene rings is 2. The summed E-state index contributed by atoms with van der Waals surface area (Å²) in [5.74, 6) is 0.709. The first-order valence-electron chi connectivity index (χ1n) is 6.70. The van der Waals surface area contributed by atoms with Crippen LogP contribution in [0.2, 0.25) is 5.02 Å². The zero-order valence-corrected chi connectivity index (χ0v) is 12.9. The number of hydrogen-bond acceptors (Lipinski definition) is 2. The summed E-state index contributed by atoms with van der Waals surface area (Å²) < 4.78 is 5.19. The van der Waals surface area contributed by atoms with Crippen molar-refractivity contribution in [2.24, 2.45) is 0 Å². The molecule has 0 spiro atoms. The van der Waals surface area contributed by atoms with Gasteiger partial charge in [-0.15, -0.1) is 0 Å². The van der Waals surface area contributed by atoms with Gasteiger partial charge in [-0.25, -0.2) is 0 Å². The summed E-state index contributed by atoms with van der Waals surface area (Å²) >= 11 is 6.21. The van der Waals surface area contributed by atoms with Gasteiger partial charge >= 0.3 is 0 Å². The van der Waals surface area contributed by atoms with Crippen LogP contribution >= 0.6 is 11.6 Å². The first kappa shape index (κ1) is 14.9. The lowest BCUT2D eigenvalue weighted by Crippen LogP contribution is -2.18. The second-order valence-corrected chi connectivity index (χ2v) is 5.34. The fourth-order valence-electron chi connectivity index (χ4n) is 2.36. The summed E-state index contributed by atoms with van der Waals surface area (Å²) in [5.41, 5.74) is 3.77. The van der Waals surface area contributed by atoms with Crippen molar-refractivity contribution in [3.05, 3.63) is 64.2 Å². The molecule has 20 heavy (non-hydrogen) atoms. The van der Waals surface area contributed by atoms with E-state index < -0.39 is 0 Å². The van der Waals surface area contributed by atoms with Crippen molar-refractivity contribution in [3.63, 3.8) is 0 Å². The standard InChI is InChI=1S/C17H20ClNO/c1-12-5-4-6-13(9-12)10-16(19-2)14-7-8-17(20-3)15(18)11-14/h4-9,11,16,19H,10H2,1-3H3. The normalized spacial score (nSPS) is 12.2. The number of halogens is 1. The van der Waals surface area contributed by atoms with Crippen LogP contribution in [-0.4, -0.2) is 14.2 Å². The zero-order valence-electron chi connectivity index (χ0n) is 12.1. The Bertz CT molecular complexity index is 583. The molecular formula is C17H20ClNO. The van der Waals surface area contributed by atoms with Gasteiger partial charge in [-0.3, -0.25) is 0 Å². The highest BCUT2D eigenvalue weighted by Crippen LogP contribution is 2.28. The maximum atomic E-state index is 6.21. The van der Waals surface area contributed by atoms with E-state index in [-0.39, 0.29) is 6.04 Å². The van der Waals surface area contributed by atoms with Crippen LogP contribution in [0.15, 0.2) is 42.5 Å². The van der Waals surface area contributed by atoms with E-state index in [0.29, 0.717) is 10.8 Å². The van der Waals surface area contributed by atoms with Gasteiger partial charge in [0.15, 0.2) is 0 Å². The van der Waals surface area contributed by atoms with Crippen LogP contribution < -0.4 is 10.1 Å². The monoisotopic (exact) mass is 289 g/mol. The summed E-state index contributed by atoms with van der Waals surface area (Å²) in [6, 6.07) is 14.8. The van der Waals surface area contributed by atoms with Gasteiger partial charge in [0.1, 0.15) is 5.75 Å². The highest BCUT2D eigenvalue weighted by molar-refractivity contribution is 6.32. The summed E-state index contributed by atoms with van der Waals surface area (Å²) in [6.07, 6.45) is 0.931. The molecule has 0 saturated carbocycles. The number of nitrogens with one attached hydrogen (secondary N) is 1. The maximum absolute atomic E-state index is 6.21. The number of hydrogen-bond donors (Lipinski definition) is 1. The van der Waals surface area contributed by atoms with Gasteiger partial charge in [0.05, 0.1) is 12.1 Å². The highest BCUT2D eigenvalue weighted by atomic mass is 35.5. The van der Waals surface area contributed by atoms with Gasteiger partial charge in [-0.1, -0.05) is 47.5 Å². The lowest BCUT2D eigenvalue weighted by molar-refractivity contribution is 0.414. The van der Waals surface area contributed by atoms with Gasteiger partial charge < -0.3 is 10.1 Å². The fraction of sp³-hybridized carbons (Fsp3) is 0.294.